The van der Waals surface area contributed by atoms with Crippen molar-refractivity contribution in [3.05, 3.63) is 28.5 Å². The molecule has 0 radical (unpaired) electrons. The van der Waals surface area contributed by atoms with Gasteiger partial charge in [0.1, 0.15) is 5.82 Å². The van der Waals surface area contributed by atoms with Gasteiger partial charge in [0.25, 0.3) is 0 Å². The van der Waals surface area contributed by atoms with Gasteiger partial charge in [0, 0.05) is 26.8 Å². The summed E-state index contributed by atoms with van der Waals surface area (Å²) < 4.78 is 45.1. The third kappa shape index (κ3) is 3.58. The van der Waals surface area contributed by atoms with Crippen LogP contribution in [0.1, 0.15) is 12.8 Å². The van der Waals surface area contributed by atoms with E-state index in [1.165, 1.54) is 23.5 Å². The lowest BCUT2D eigenvalue weighted by Gasteiger charge is -2.26. The van der Waals surface area contributed by atoms with E-state index in [-0.39, 0.29) is 9.37 Å². The van der Waals surface area contributed by atoms with Crippen molar-refractivity contribution in [3.63, 3.8) is 0 Å². The van der Waals surface area contributed by atoms with Crippen molar-refractivity contribution >= 4 is 26.0 Å². The molecular formula is C13H17BrFNO3S. The summed E-state index contributed by atoms with van der Waals surface area (Å²) in [5.41, 5.74) is 0. The fourth-order valence-electron chi connectivity index (χ4n) is 2.21. The van der Waals surface area contributed by atoms with Gasteiger partial charge in [-0.3, -0.25) is 0 Å². The van der Waals surface area contributed by atoms with Gasteiger partial charge in [-0.2, -0.15) is 0 Å². The van der Waals surface area contributed by atoms with Gasteiger partial charge < -0.3 is 4.74 Å². The summed E-state index contributed by atoms with van der Waals surface area (Å²) in [5.74, 6) is -0.283. The zero-order valence-electron chi connectivity index (χ0n) is 11.2. The van der Waals surface area contributed by atoms with E-state index in [9.17, 15) is 12.8 Å². The van der Waals surface area contributed by atoms with Crippen LogP contribution in [0.25, 0.3) is 0 Å². The average Bonchev–Trinajstić information content (AvgIpc) is 2.42. The van der Waals surface area contributed by atoms with Crippen molar-refractivity contribution in [2.75, 3.05) is 26.8 Å². The molecule has 112 valence electrons. The molecule has 0 saturated carbocycles. The summed E-state index contributed by atoms with van der Waals surface area (Å²) in [5, 5.41) is 0. The van der Waals surface area contributed by atoms with E-state index in [0.717, 1.165) is 18.9 Å². The van der Waals surface area contributed by atoms with Gasteiger partial charge in [-0.15, -0.1) is 0 Å². The van der Waals surface area contributed by atoms with E-state index < -0.39 is 15.8 Å². The largest absolute Gasteiger partial charge is 0.381 e. The quantitative estimate of drug-likeness (QED) is 0.823. The predicted molar refractivity (Wildman–Crippen MR) is 77.5 cm³/mol. The van der Waals surface area contributed by atoms with E-state index in [4.69, 9.17) is 4.74 Å². The molecule has 0 unspecified atom stereocenters. The van der Waals surface area contributed by atoms with Crippen molar-refractivity contribution in [1.29, 1.82) is 0 Å². The Morgan fingerprint density at radius 1 is 1.40 bits per heavy atom. The van der Waals surface area contributed by atoms with Crippen LogP contribution in [0.3, 0.4) is 0 Å². The van der Waals surface area contributed by atoms with Gasteiger partial charge in [0.15, 0.2) is 0 Å². The first-order chi connectivity index (χ1) is 9.41. The molecule has 1 aromatic rings. The van der Waals surface area contributed by atoms with Crippen molar-refractivity contribution in [2.24, 2.45) is 5.92 Å². The van der Waals surface area contributed by atoms with Crippen molar-refractivity contribution in [3.8, 4) is 0 Å². The average molecular weight is 366 g/mol. The standard InChI is InChI=1S/C13H17BrFNO3S/c1-16(9-10-4-6-19-7-5-10)20(17,18)11-2-3-12(14)13(15)8-11/h2-3,8,10H,4-7,9H2,1H3. The molecule has 0 N–H and O–H groups in total. The van der Waals surface area contributed by atoms with Crippen LogP contribution in [0, 0.1) is 11.7 Å². The van der Waals surface area contributed by atoms with Crippen LogP contribution >= 0.6 is 15.9 Å². The SMILES string of the molecule is CN(CC1CCOCC1)S(=O)(=O)c1ccc(Br)c(F)c1. The fraction of sp³-hybridized carbons (Fsp3) is 0.538. The van der Waals surface area contributed by atoms with E-state index >= 15 is 0 Å². The molecule has 2 rings (SSSR count). The number of hydrogen-bond donors (Lipinski definition) is 0. The lowest BCUT2D eigenvalue weighted by atomic mass is 10.0. The van der Waals surface area contributed by atoms with Crippen molar-refractivity contribution in [2.45, 2.75) is 17.7 Å². The number of benzene rings is 1. The Kier molecular flexibility index (Phi) is 5.17. The second-order valence-corrected chi connectivity index (χ2v) is 7.82. The van der Waals surface area contributed by atoms with Crippen LogP contribution in [-0.4, -0.2) is 39.5 Å². The molecule has 0 amide bonds. The third-order valence-electron chi connectivity index (χ3n) is 3.46. The summed E-state index contributed by atoms with van der Waals surface area (Å²) in [6.45, 7) is 1.78. The molecule has 1 aromatic carbocycles. The number of hydrogen-bond acceptors (Lipinski definition) is 3. The zero-order valence-corrected chi connectivity index (χ0v) is 13.6. The maximum absolute atomic E-state index is 13.5. The normalized spacial score (nSPS) is 17.6. The van der Waals surface area contributed by atoms with Crippen LogP contribution in [0.2, 0.25) is 0 Å². The Morgan fingerprint density at radius 3 is 2.65 bits per heavy atom. The molecule has 20 heavy (non-hydrogen) atoms. The zero-order chi connectivity index (χ0) is 14.8. The van der Waals surface area contributed by atoms with Crippen LogP contribution in [0.5, 0.6) is 0 Å². The number of ether oxygens (including phenoxy) is 1. The smallest absolute Gasteiger partial charge is 0.242 e. The highest BCUT2D eigenvalue weighted by Gasteiger charge is 2.25. The molecule has 7 heteroatoms. The summed E-state index contributed by atoms with van der Waals surface area (Å²) in [6.07, 6.45) is 1.71. The van der Waals surface area contributed by atoms with Crippen LogP contribution < -0.4 is 0 Å². The van der Waals surface area contributed by atoms with Gasteiger partial charge in [-0.25, -0.2) is 17.1 Å². The van der Waals surface area contributed by atoms with Gasteiger partial charge in [-0.1, -0.05) is 0 Å². The van der Waals surface area contributed by atoms with E-state index in [0.29, 0.717) is 25.7 Å². The Labute approximate surface area is 127 Å². The minimum Gasteiger partial charge on any atom is -0.381 e. The van der Waals surface area contributed by atoms with Gasteiger partial charge in [0.2, 0.25) is 10.0 Å². The first-order valence-corrected chi connectivity index (χ1v) is 8.63. The van der Waals surface area contributed by atoms with E-state index in [1.54, 1.807) is 0 Å². The molecule has 1 fully saturated rings. The van der Waals surface area contributed by atoms with Crippen LogP contribution in [0.4, 0.5) is 4.39 Å². The highest BCUT2D eigenvalue weighted by atomic mass is 79.9. The van der Waals surface area contributed by atoms with Crippen molar-refractivity contribution < 1.29 is 17.5 Å². The lowest BCUT2D eigenvalue weighted by Crippen LogP contribution is -2.34. The van der Waals surface area contributed by atoms with Gasteiger partial charge in [0.05, 0.1) is 9.37 Å². The first-order valence-electron chi connectivity index (χ1n) is 6.40. The maximum Gasteiger partial charge on any atom is 0.242 e. The summed E-state index contributed by atoms with van der Waals surface area (Å²) >= 11 is 3.02. The summed E-state index contributed by atoms with van der Waals surface area (Å²) in [6, 6.07) is 3.85. The number of nitrogens with zero attached hydrogens (tertiary/aromatic N) is 1. The number of halogens is 2. The number of rotatable bonds is 4. The Morgan fingerprint density at radius 2 is 2.05 bits per heavy atom. The van der Waals surface area contributed by atoms with Crippen LogP contribution in [0.15, 0.2) is 27.6 Å². The molecule has 1 aliphatic rings. The molecule has 0 aliphatic carbocycles. The van der Waals surface area contributed by atoms with Gasteiger partial charge >= 0.3 is 0 Å². The molecule has 1 heterocycles. The first kappa shape index (κ1) is 15.9. The second-order valence-electron chi connectivity index (χ2n) is 4.92. The highest BCUT2D eigenvalue weighted by Crippen LogP contribution is 2.23. The molecule has 4 nitrogen and oxygen atoms in total. The Hall–Kier alpha value is -0.500. The minimum atomic E-state index is -3.65. The second kappa shape index (κ2) is 6.51. The Balaban J connectivity index is 2.13. The van der Waals surface area contributed by atoms with E-state index in [2.05, 4.69) is 15.9 Å². The molecule has 0 bridgehead atoms. The molecule has 1 aliphatic heterocycles. The molecular weight excluding hydrogens is 349 g/mol. The predicted octanol–water partition coefficient (Wildman–Crippen LogP) is 2.64. The topological polar surface area (TPSA) is 46.6 Å². The highest BCUT2D eigenvalue weighted by molar-refractivity contribution is 9.10. The van der Waals surface area contributed by atoms with E-state index in [1.807, 2.05) is 0 Å². The molecule has 0 aromatic heterocycles. The summed E-state index contributed by atoms with van der Waals surface area (Å²) in [7, 11) is -2.11. The maximum atomic E-state index is 13.5. The van der Waals surface area contributed by atoms with Crippen LogP contribution in [-0.2, 0) is 14.8 Å². The monoisotopic (exact) mass is 365 g/mol. The molecule has 0 atom stereocenters. The molecule has 1 saturated heterocycles. The lowest BCUT2D eigenvalue weighted by molar-refractivity contribution is 0.0620. The summed E-state index contributed by atoms with van der Waals surface area (Å²) in [4.78, 5) is -0.0206. The third-order valence-corrected chi connectivity index (χ3v) is 5.92. The van der Waals surface area contributed by atoms with Crippen molar-refractivity contribution in [1.82, 2.24) is 4.31 Å². The minimum absolute atomic E-state index is 0.0206. The Bertz CT molecular complexity index is 573. The number of sulfonamides is 1. The fourth-order valence-corrected chi connectivity index (χ4v) is 3.71. The van der Waals surface area contributed by atoms with Gasteiger partial charge in [-0.05, 0) is 52.9 Å². The molecule has 0 spiro atoms.